The van der Waals surface area contributed by atoms with Crippen LogP contribution in [0.15, 0.2) is 28.7 Å². The Kier molecular flexibility index (Phi) is 3.85. The summed E-state index contributed by atoms with van der Waals surface area (Å²) < 4.78 is 5.50. The summed E-state index contributed by atoms with van der Waals surface area (Å²) in [6.07, 6.45) is 2.89. The van der Waals surface area contributed by atoms with Crippen molar-refractivity contribution in [2.24, 2.45) is 0 Å². The van der Waals surface area contributed by atoms with Gasteiger partial charge in [0.25, 0.3) is 0 Å². The predicted octanol–water partition coefficient (Wildman–Crippen LogP) is 2.93. The van der Waals surface area contributed by atoms with Gasteiger partial charge in [0.1, 0.15) is 0 Å². The Morgan fingerprint density at radius 2 is 1.95 bits per heavy atom. The number of carbonyl (C=O) groups excluding carboxylic acids is 1. The summed E-state index contributed by atoms with van der Waals surface area (Å²) >= 11 is 0. The average molecular weight is 286 g/mol. The van der Waals surface area contributed by atoms with Crippen molar-refractivity contribution in [2.45, 2.75) is 26.2 Å². The Bertz CT molecular complexity index is 615. The second-order valence-corrected chi connectivity index (χ2v) is 5.06. The number of aromatic nitrogens is 2. The van der Waals surface area contributed by atoms with Gasteiger partial charge in [0.15, 0.2) is 0 Å². The van der Waals surface area contributed by atoms with Gasteiger partial charge >= 0.3 is 6.03 Å². The molecular weight excluding hydrogens is 268 g/mol. The number of anilines is 1. The highest BCUT2D eigenvalue weighted by atomic mass is 16.4. The van der Waals surface area contributed by atoms with E-state index in [0.29, 0.717) is 11.8 Å². The van der Waals surface area contributed by atoms with Gasteiger partial charge in [-0.05, 0) is 37.1 Å². The number of rotatable bonds is 3. The minimum Gasteiger partial charge on any atom is -0.421 e. The lowest BCUT2D eigenvalue weighted by Gasteiger charge is -2.16. The molecule has 1 aliphatic rings. The standard InChI is InChI=1S/C15H18N4O2/c1-2-13-17-18-14(21-13)11-5-7-12(8-6-11)16-15(20)19-9-3-4-10-19/h5-8H,2-4,9-10H2,1H3,(H,16,20). The minimum absolute atomic E-state index is 0.0358. The van der Waals surface area contributed by atoms with E-state index in [1.165, 1.54) is 0 Å². The zero-order valence-electron chi connectivity index (χ0n) is 12.0. The van der Waals surface area contributed by atoms with E-state index in [9.17, 15) is 4.79 Å². The average Bonchev–Trinajstić information content (AvgIpc) is 3.19. The van der Waals surface area contributed by atoms with E-state index in [4.69, 9.17) is 4.42 Å². The van der Waals surface area contributed by atoms with E-state index in [1.807, 2.05) is 36.1 Å². The summed E-state index contributed by atoms with van der Waals surface area (Å²) in [5, 5.41) is 10.8. The highest BCUT2D eigenvalue weighted by Crippen LogP contribution is 2.21. The van der Waals surface area contributed by atoms with Crippen molar-refractivity contribution in [3.05, 3.63) is 30.2 Å². The molecule has 0 saturated carbocycles. The molecule has 3 rings (SSSR count). The molecule has 0 radical (unpaired) electrons. The fraction of sp³-hybridized carbons (Fsp3) is 0.400. The highest BCUT2D eigenvalue weighted by molar-refractivity contribution is 5.89. The number of carbonyl (C=O) groups is 1. The summed E-state index contributed by atoms with van der Waals surface area (Å²) in [4.78, 5) is 13.8. The van der Waals surface area contributed by atoms with E-state index in [-0.39, 0.29) is 6.03 Å². The first-order valence-electron chi connectivity index (χ1n) is 7.25. The van der Waals surface area contributed by atoms with Crippen LogP contribution in [0.2, 0.25) is 0 Å². The van der Waals surface area contributed by atoms with Crippen molar-refractivity contribution in [3.63, 3.8) is 0 Å². The first-order chi connectivity index (χ1) is 10.3. The third kappa shape index (κ3) is 3.04. The maximum atomic E-state index is 12.0. The number of nitrogens with zero attached hydrogens (tertiary/aromatic N) is 3. The monoisotopic (exact) mass is 286 g/mol. The van der Waals surface area contributed by atoms with Crippen LogP contribution in [-0.2, 0) is 6.42 Å². The molecule has 1 N–H and O–H groups in total. The third-order valence-corrected chi connectivity index (χ3v) is 3.55. The van der Waals surface area contributed by atoms with Crippen molar-refractivity contribution in [1.82, 2.24) is 15.1 Å². The molecule has 0 atom stereocenters. The molecule has 110 valence electrons. The molecule has 6 heteroatoms. The van der Waals surface area contributed by atoms with Gasteiger partial charge in [-0.1, -0.05) is 6.92 Å². The lowest BCUT2D eigenvalue weighted by molar-refractivity contribution is 0.222. The Balaban J connectivity index is 1.67. The van der Waals surface area contributed by atoms with Crippen molar-refractivity contribution < 1.29 is 9.21 Å². The number of hydrogen-bond acceptors (Lipinski definition) is 4. The van der Waals surface area contributed by atoms with Gasteiger partial charge in [0.2, 0.25) is 11.8 Å². The maximum absolute atomic E-state index is 12.0. The smallest absolute Gasteiger partial charge is 0.321 e. The first-order valence-corrected chi connectivity index (χ1v) is 7.25. The molecule has 0 unspecified atom stereocenters. The molecule has 2 heterocycles. The van der Waals surface area contributed by atoms with Gasteiger partial charge in [-0.2, -0.15) is 0 Å². The predicted molar refractivity (Wildman–Crippen MR) is 78.9 cm³/mol. The van der Waals surface area contributed by atoms with Crippen LogP contribution in [-0.4, -0.2) is 34.2 Å². The Morgan fingerprint density at radius 1 is 1.24 bits per heavy atom. The summed E-state index contributed by atoms with van der Waals surface area (Å²) in [5.41, 5.74) is 1.62. The SMILES string of the molecule is CCc1nnc(-c2ccc(NC(=O)N3CCCC3)cc2)o1. The molecule has 1 aromatic heterocycles. The zero-order valence-corrected chi connectivity index (χ0v) is 12.0. The van der Waals surface area contributed by atoms with Crippen LogP contribution in [0.1, 0.15) is 25.7 Å². The number of amides is 2. The van der Waals surface area contributed by atoms with Crippen molar-refractivity contribution in [1.29, 1.82) is 0 Å². The molecule has 2 aromatic rings. The lowest BCUT2D eigenvalue weighted by atomic mass is 10.2. The van der Waals surface area contributed by atoms with Gasteiger partial charge in [-0.25, -0.2) is 4.79 Å². The van der Waals surface area contributed by atoms with Gasteiger partial charge in [0, 0.05) is 30.8 Å². The van der Waals surface area contributed by atoms with Crippen molar-refractivity contribution in [2.75, 3.05) is 18.4 Å². The molecule has 1 aliphatic heterocycles. The van der Waals surface area contributed by atoms with Crippen molar-refractivity contribution >= 4 is 11.7 Å². The zero-order chi connectivity index (χ0) is 14.7. The Labute approximate surface area is 123 Å². The van der Waals surface area contributed by atoms with E-state index >= 15 is 0 Å². The lowest BCUT2D eigenvalue weighted by Crippen LogP contribution is -2.32. The van der Waals surface area contributed by atoms with Crippen LogP contribution in [0.4, 0.5) is 10.5 Å². The minimum atomic E-state index is -0.0358. The topological polar surface area (TPSA) is 71.3 Å². The number of likely N-dealkylation sites (tertiary alicyclic amines) is 1. The number of nitrogens with one attached hydrogen (secondary N) is 1. The Hall–Kier alpha value is -2.37. The molecule has 1 saturated heterocycles. The van der Waals surface area contributed by atoms with Crippen LogP contribution >= 0.6 is 0 Å². The number of benzene rings is 1. The molecule has 6 nitrogen and oxygen atoms in total. The molecular formula is C15H18N4O2. The molecule has 0 spiro atoms. The van der Waals surface area contributed by atoms with Crippen LogP contribution < -0.4 is 5.32 Å². The fourth-order valence-electron chi connectivity index (χ4n) is 2.33. The highest BCUT2D eigenvalue weighted by Gasteiger charge is 2.17. The quantitative estimate of drug-likeness (QED) is 0.941. The van der Waals surface area contributed by atoms with Gasteiger partial charge in [-0.15, -0.1) is 10.2 Å². The largest absolute Gasteiger partial charge is 0.421 e. The molecule has 0 bridgehead atoms. The number of aryl methyl sites for hydroxylation is 1. The van der Waals surface area contributed by atoms with E-state index in [1.54, 1.807) is 0 Å². The van der Waals surface area contributed by atoms with Crippen molar-refractivity contribution in [3.8, 4) is 11.5 Å². The van der Waals surface area contributed by atoms with E-state index in [0.717, 1.165) is 43.6 Å². The normalized spacial score (nSPS) is 14.4. The summed E-state index contributed by atoms with van der Waals surface area (Å²) in [7, 11) is 0. The molecule has 0 aliphatic carbocycles. The molecule has 1 fully saturated rings. The number of urea groups is 1. The summed E-state index contributed by atoms with van der Waals surface area (Å²) in [6.45, 7) is 3.64. The van der Waals surface area contributed by atoms with Crippen LogP contribution in [0.25, 0.3) is 11.5 Å². The maximum Gasteiger partial charge on any atom is 0.321 e. The van der Waals surface area contributed by atoms with Crippen LogP contribution in [0.3, 0.4) is 0 Å². The summed E-state index contributed by atoms with van der Waals surface area (Å²) in [5.74, 6) is 1.13. The second-order valence-electron chi connectivity index (χ2n) is 5.06. The first kappa shape index (κ1) is 13.6. The third-order valence-electron chi connectivity index (χ3n) is 3.55. The van der Waals surface area contributed by atoms with E-state index < -0.39 is 0 Å². The van der Waals surface area contributed by atoms with Gasteiger partial charge in [0.05, 0.1) is 0 Å². The summed E-state index contributed by atoms with van der Waals surface area (Å²) in [6, 6.07) is 7.39. The van der Waals surface area contributed by atoms with Crippen LogP contribution in [0.5, 0.6) is 0 Å². The van der Waals surface area contributed by atoms with E-state index in [2.05, 4.69) is 15.5 Å². The van der Waals surface area contributed by atoms with Crippen LogP contribution in [0, 0.1) is 0 Å². The number of hydrogen-bond donors (Lipinski definition) is 1. The molecule has 1 aromatic carbocycles. The second kappa shape index (κ2) is 5.95. The van der Waals surface area contributed by atoms with Gasteiger partial charge < -0.3 is 14.6 Å². The molecule has 2 amide bonds. The fourth-order valence-corrected chi connectivity index (χ4v) is 2.33. The molecule has 21 heavy (non-hydrogen) atoms. The van der Waals surface area contributed by atoms with Gasteiger partial charge in [-0.3, -0.25) is 0 Å². The Morgan fingerprint density at radius 3 is 2.57 bits per heavy atom.